The molecule has 9 heteroatoms. The Balaban J connectivity index is 0.000000509. The summed E-state index contributed by atoms with van der Waals surface area (Å²) in [5.41, 5.74) is 4.87. The zero-order chi connectivity index (χ0) is 25.3. The van der Waals surface area contributed by atoms with Gasteiger partial charge in [0.2, 0.25) is 0 Å². The first-order valence-electron chi connectivity index (χ1n) is 10.3. The predicted molar refractivity (Wildman–Crippen MR) is 127 cm³/mol. The second-order valence-electron chi connectivity index (χ2n) is 7.57. The lowest BCUT2D eigenvalue weighted by atomic mass is 10.0. The van der Waals surface area contributed by atoms with Crippen molar-refractivity contribution < 1.29 is 27.9 Å². The molecule has 3 rings (SSSR count). The van der Waals surface area contributed by atoms with Crippen molar-refractivity contribution in [2.75, 3.05) is 5.32 Å². The van der Waals surface area contributed by atoms with Gasteiger partial charge in [-0.3, -0.25) is 4.79 Å². The first-order chi connectivity index (χ1) is 16.0. The number of aliphatic carboxylic acids is 1. The minimum absolute atomic E-state index is 0.151. The minimum Gasteiger partial charge on any atom is -0.475 e. The molecule has 0 aliphatic heterocycles. The van der Waals surface area contributed by atoms with E-state index in [9.17, 15) is 18.0 Å². The molecular formula is C25H24ClF3N2O3. The van der Waals surface area contributed by atoms with Gasteiger partial charge >= 0.3 is 12.1 Å². The molecule has 0 radical (unpaired) electrons. The van der Waals surface area contributed by atoms with E-state index in [1.807, 2.05) is 24.3 Å². The molecule has 5 nitrogen and oxygen atoms in total. The van der Waals surface area contributed by atoms with Gasteiger partial charge in [0.25, 0.3) is 5.91 Å². The van der Waals surface area contributed by atoms with Gasteiger partial charge in [-0.05, 0) is 53.1 Å². The molecule has 34 heavy (non-hydrogen) atoms. The molecule has 0 fully saturated rings. The Labute approximate surface area is 200 Å². The number of rotatable bonds is 6. The third-order valence-corrected chi connectivity index (χ3v) is 4.75. The summed E-state index contributed by atoms with van der Waals surface area (Å²) in [6.45, 7) is 5.15. The van der Waals surface area contributed by atoms with E-state index in [2.05, 4.69) is 48.7 Å². The van der Waals surface area contributed by atoms with Crippen molar-refractivity contribution in [2.45, 2.75) is 32.6 Å². The molecule has 0 aliphatic carbocycles. The van der Waals surface area contributed by atoms with Crippen LogP contribution in [0.15, 0.2) is 72.8 Å². The summed E-state index contributed by atoms with van der Waals surface area (Å²) < 4.78 is 31.7. The molecule has 1 amide bonds. The second kappa shape index (κ2) is 12.2. The van der Waals surface area contributed by atoms with Crippen LogP contribution in [0.3, 0.4) is 0 Å². The SMILES string of the molecule is CC(C)NCc1ccc(-c2ccc(NC(=O)c3ccc(Cl)cc3)cc2)cc1.O=C(O)C(F)(F)F. The summed E-state index contributed by atoms with van der Waals surface area (Å²) in [6.07, 6.45) is -5.08. The smallest absolute Gasteiger partial charge is 0.475 e. The highest BCUT2D eigenvalue weighted by molar-refractivity contribution is 6.30. The number of amides is 1. The lowest BCUT2D eigenvalue weighted by Crippen LogP contribution is -2.21. The molecule has 3 N–H and O–H groups in total. The van der Waals surface area contributed by atoms with E-state index >= 15 is 0 Å². The van der Waals surface area contributed by atoms with Gasteiger partial charge < -0.3 is 15.7 Å². The third kappa shape index (κ3) is 8.88. The molecule has 0 saturated heterocycles. The van der Waals surface area contributed by atoms with Crippen molar-refractivity contribution in [3.63, 3.8) is 0 Å². The van der Waals surface area contributed by atoms with E-state index in [0.29, 0.717) is 16.6 Å². The Hall–Kier alpha value is -3.36. The molecular weight excluding hydrogens is 469 g/mol. The largest absolute Gasteiger partial charge is 0.490 e. The number of carbonyl (C=O) groups is 2. The standard InChI is InChI=1S/C23H23ClN2O.C2HF3O2/c1-16(2)25-15-17-3-5-18(6-4-17)19-9-13-22(14-10-19)26-23(27)20-7-11-21(24)12-8-20;3-2(4,5)1(6)7/h3-14,16,25H,15H2,1-2H3,(H,26,27);(H,6,7). The first-order valence-corrected chi connectivity index (χ1v) is 10.6. The van der Waals surface area contributed by atoms with Gasteiger partial charge in [-0.1, -0.05) is 61.8 Å². The predicted octanol–water partition coefficient (Wildman–Crippen LogP) is 6.39. The van der Waals surface area contributed by atoms with E-state index in [1.54, 1.807) is 24.3 Å². The van der Waals surface area contributed by atoms with Gasteiger partial charge in [0.15, 0.2) is 0 Å². The summed E-state index contributed by atoms with van der Waals surface area (Å²) in [6, 6.07) is 23.7. The number of carboxylic acid groups (broad SMARTS) is 1. The maximum atomic E-state index is 12.3. The van der Waals surface area contributed by atoms with Gasteiger partial charge in [0.1, 0.15) is 0 Å². The lowest BCUT2D eigenvalue weighted by molar-refractivity contribution is -0.192. The molecule has 0 bridgehead atoms. The van der Waals surface area contributed by atoms with Crippen LogP contribution in [0.2, 0.25) is 5.02 Å². The van der Waals surface area contributed by atoms with Gasteiger partial charge in [-0.25, -0.2) is 4.79 Å². The van der Waals surface area contributed by atoms with Crippen molar-refractivity contribution in [2.24, 2.45) is 0 Å². The maximum Gasteiger partial charge on any atom is 0.490 e. The van der Waals surface area contributed by atoms with Crippen LogP contribution in [0.1, 0.15) is 29.8 Å². The maximum absolute atomic E-state index is 12.3. The summed E-state index contributed by atoms with van der Waals surface area (Å²) in [5, 5.41) is 14.1. The number of hydrogen-bond acceptors (Lipinski definition) is 3. The van der Waals surface area contributed by atoms with Crippen LogP contribution in [0, 0.1) is 0 Å². The fraction of sp³-hybridized carbons (Fsp3) is 0.200. The third-order valence-electron chi connectivity index (χ3n) is 4.49. The Kier molecular flexibility index (Phi) is 9.65. The molecule has 0 spiro atoms. The molecule has 0 aliphatic rings. The van der Waals surface area contributed by atoms with Crippen LogP contribution in [0.5, 0.6) is 0 Å². The molecule has 0 heterocycles. The van der Waals surface area contributed by atoms with Crippen LogP contribution in [-0.2, 0) is 11.3 Å². The monoisotopic (exact) mass is 492 g/mol. The van der Waals surface area contributed by atoms with E-state index in [0.717, 1.165) is 23.4 Å². The molecule has 0 saturated carbocycles. The quantitative estimate of drug-likeness (QED) is 0.372. The molecule has 3 aromatic carbocycles. The van der Waals surface area contributed by atoms with Crippen LogP contribution < -0.4 is 10.6 Å². The number of benzene rings is 3. The van der Waals surface area contributed by atoms with Crippen LogP contribution in [-0.4, -0.2) is 29.2 Å². The number of alkyl halides is 3. The van der Waals surface area contributed by atoms with Crippen LogP contribution in [0.4, 0.5) is 18.9 Å². The summed E-state index contributed by atoms with van der Waals surface area (Å²) in [7, 11) is 0. The molecule has 0 atom stereocenters. The average Bonchev–Trinajstić information content (AvgIpc) is 2.79. The van der Waals surface area contributed by atoms with E-state index in [4.69, 9.17) is 21.5 Å². The number of anilines is 1. The zero-order valence-electron chi connectivity index (χ0n) is 18.5. The second-order valence-corrected chi connectivity index (χ2v) is 8.01. The minimum atomic E-state index is -5.08. The molecule has 0 unspecified atom stereocenters. The Morgan fingerprint density at radius 2 is 1.35 bits per heavy atom. The highest BCUT2D eigenvalue weighted by atomic mass is 35.5. The summed E-state index contributed by atoms with van der Waals surface area (Å²) in [4.78, 5) is 21.2. The molecule has 3 aromatic rings. The van der Waals surface area contributed by atoms with Gasteiger partial charge in [0, 0.05) is 28.9 Å². The van der Waals surface area contributed by atoms with Crippen molar-refractivity contribution >= 4 is 29.2 Å². The summed E-state index contributed by atoms with van der Waals surface area (Å²) >= 11 is 5.86. The highest BCUT2D eigenvalue weighted by Crippen LogP contribution is 2.22. The van der Waals surface area contributed by atoms with Crippen LogP contribution >= 0.6 is 11.6 Å². The Morgan fingerprint density at radius 1 is 0.882 bits per heavy atom. The molecule has 0 aromatic heterocycles. The number of hydrogen-bond donors (Lipinski definition) is 3. The van der Waals surface area contributed by atoms with Crippen molar-refractivity contribution in [1.29, 1.82) is 0 Å². The molecule has 180 valence electrons. The number of halogens is 4. The fourth-order valence-corrected chi connectivity index (χ4v) is 2.81. The van der Waals surface area contributed by atoms with E-state index in [-0.39, 0.29) is 5.91 Å². The normalized spacial score (nSPS) is 10.9. The van der Waals surface area contributed by atoms with Gasteiger partial charge in [-0.2, -0.15) is 13.2 Å². The van der Waals surface area contributed by atoms with Crippen LogP contribution in [0.25, 0.3) is 11.1 Å². The number of carboxylic acids is 1. The highest BCUT2D eigenvalue weighted by Gasteiger charge is 2.38. The number of carbonyl (C=O) groups excluding carboxylic acids is 1. The fourth-order valence-electron chi connectivity index (χ4n) is 2.69. The average molecular weight is 493 g/mol. The Bertz CT molecular complexity index is 1080. The summed E-state index contributed by atoms with van der Waals surface area (Å²) in [5.74, 6) is -2.91. The van der Waals surface area contributed by atoms with Crippen molar-refractivity contribution in [3.05, 3.63) is 88.9 Å². The van der Waals surface area contributed by atoms with Crippen molar-refractivity contribution in [1.82, 2.24) is 5.32 Å². The van der Waals surface area contributed by atoms with Crippen molar-refractivity contribution in [3.8, 4) is 11.1 Å². The van der Waals surface area contributed by atoms with E-state index in [1.165, 1.54) is 5.56 Å². The van der Waals surface area contributed by atoms with Gasteiger partial charge in [-0.15, -0.1) is 0 Å². The topological polar surface area (TPSA) is 78.4 Å². The van der Waals surface area contributed by atoms with E-state index < -0.39 is 12.1 Å². The first kappa shape index (κ1) is 26.9. The zero-order valence-corrected chi connectivity index (χ0v) is 19.2. The lowest BCUT2D eigenvalue weighted by Gasteiger charge is -2.10. The number of nitrogens with one attached hydrogen (secondary N) is 2. The van der Waals surface area contributed by atoms with Gasteiger partial charge in [0.05, 0.1) is 0 Å². The Morgan fingerprint density at radius 3 is 1.79 bits per heavy atom.